The summed E-state index contributed by atoms with van der Waals surface area (Å²) in [7, 11) is 2.07. The quantitative estimate of drug-likeness (QED) is 0.651. The van der Waals surface area contributed by atoms with E-state index in [1.165, 1.54) is 22.2 Å². The molecule has 0 unspecified atom stereocenters. The van der Waals surface area contributed by atoms with Crippen LogP contribution < -0.4 is 9.47 Å². The average Bonchev–Trinajstić information content (AvgIpc) is 2.60. The van der Waals surface area contributed by atoms with Gasteiger partial charge >= 0.3 is 0 Å². The molecule has 0 N–H and O–H groups in total. The third-order valence-electron chi connectivity index (χ3n) is 3.94. The Bertz CT molecular complexity index is 791. The van der Waals surface area contributed by atoms with Crippen molar-refractivity contribution in [2.45, 2.75) is 13.5 Å². The van der Waals surface area contributed by atoms with E-state index in [0.717, 1.165) is 6.54 Å². The third-order valence-corrected chi connectivity index (χ3v) is 3.94. The van der Waals surface area contributed by atoms with Gasteiger partial charge in [0, 0.05) is 31.1 Å². The lowest BCUT2D eigenvalue weighted by Gasteiger charge is -2.13. The molecule has 0 aliphatic heterocycles. The molecule has 0 bridgehead atoms. The topological polar surface area (TPSA) is 7.12 Å². The molecule has 0 amide bonds. The van der Waals surface area contributed by atoms with Crippen LogP contribution in [0.2, 0.25) is 0 Å². The number of aromatic nitrogens is 1. The monoisotopic (exact) mass is 289 g/mol. The molecule has 22 heavy (non-hydrogen) atoms. The van der Waals surface area contributed by atoms with Crippen molar-refractivity contribution in [2.75, 3.05) is 11.9 Å². The molecule has 2 aromatic carbocycles. The molecule has 3 rings (SSSR count). The van der Waals surface area contributed by atoms with Gasteiger partial charge in [-0.05, 0) is 36.8 Å². The average molecular weight is 289 g/mol. The molecule has 2 nitrogen and oxygen atoms in total. The Balaban J connectivity index is 1.96. The molecule has 1 aromatic heterocycles. The minimum Gasteiger partial charge on any atom is -0.351 e. The maximum absolute atomic E-state index is 2.27. The summed E-state index contributed by atoms with van der Waals surface area (Å²) in [4.78, 5) is 2.13. The van der Waals surface area contributed by atoms with Crippen LogP contribution in [-0.4, -0.2) is 7.05 Å². The number of pyridine rings is 1. The zero-order chi connectivity index (χ0) is 15.4. The van der Waals surface area contributed by atoms with Crippen LogP contribution in [0.3, 0.4) is 0 Å². The van der Waals surface area contributed by atoms with Gasteiger partial charge in [-0.1, -0.05) is 30.3 Å². The lowest BCUT2D eigenvalue weighted by Crippen LogP contribution is -2.32. The summed E-state index contributed by atoms with van der Waals surface area (Å²) < 4.78 is 2.27. The molecule has 1 heterocycles. The van der Waals surface area contributed by atoms with Crippen molar-refractivity contribution in [3.8, 4) is 0 Å². The summed E-state index contributed by atoms with van der Waals surface area (Å²) in [5.41, 5.74) is 3.69. The lowest BCUT2D eigenvalue weighted by molar-refractivity contribution is -0.667. The van der Waals surface area contributed by atoms with E-state index in [-0.39, 0.29) is 0 Å². The number of anilines is 1. The van der Waals surface area contributed by atoms with E-state index in [2.05, 4.69) is 96.5 Å². The van der Waals surface area contributed by atoms with E-state index in [9.17, 15) is 0 Å². The van der Waals surface area contributed by atoms with Gasteiger partial charge < -0.3 is 4.90 Å². The van der Waals surface area contributed by atoms with Crippen molar-refractivity contribution in [3.05, 3.63) is 78.6 Å². The highest BCUT2D eigenvalue weighted by Crippen LogP contribution is 2.18. The third kappa shape index (κ3) is 2.86. The molecule has 0 saturated heterocycles. The summed E-state index contributed by atoms with van der Waals surface area (Å²) in [6, 6.07) is 21.1. The summed E-state index contributed by atoms with van der Waals surface area (Å²) in [5.74, 6) is 0. The predicted molar refractivity (Wildman–Crippen MR) is 93.7 cm³/mol. The Kier molecular flexibility index (Phi) is 4.19. The highest BCUT2D eigenvalue weighted by Gasteiger charge is 2.08. The van der Waals surface area contributed by atoms with E-state index in [4.69, 9.17) is 0 Å². The molecule has 110 valence electrons. The number of para-hydroxylation sites is 2. The summed E-state index contributed by atoms with van der Waals surface area (Å²) in [6.45, 7) is 3.15. The smallest absolute Gasteiger partial charge is 0.213 e. The summed E-state index contributed by atoms with van der Waals surface area (Å²) in [5, 5.41) is 1.28. The highest BCUT2D eigenvalue weighted by molar-refractivity contribution is 5.85. The van der Waals surface area contributed by atoms with Crippen LogP contribution in [0.15, 0.2) is 73.1 Å². The second kappa shape index (κ2) is 6.44. The van der Waals surface area contributed by atoms with Gasteiger partial charge in [0.1, 0.15) is 6.54 Å². The number of aryl methyl sites for hydroxylation is 1. The van der Waals surface area contributed by atoms with Gasteiger partial charge in [0.05, 0.1) is 5.39 Å². The van der Waals surface area contributed by atoms with Crippen molar-refractivity contribution >= 4 is 22.7 Å². The molecule has 0 fully saturated rings. The van der Waals surface area contributed by atoms with Crippen LogP contribution in [0.1, 0.15) is 12.5 Å². The Morgan fingerprint density at radius 2 is 1.68 bits per heavy atom. The van der Waals surface area contributed by atoms with Crippen LogP contribution in [0.4, 0.5) is 5.69 Å². The summed E-state index contributed by atoms with van der Waals surface area (Å²) >= 11 is 0. The van der Waals surface area contributed by atoms with E-state index >= 15 is 0 Å². The maximum atomic E-state index is 2.27. The van der Waals surface area contributed by atoms with Gasteiger partial charge in [-0.3, -0.25) is 0 Å². The largest absolute Gasteiger partial charge is 0.351 e. The number of hydrogen-bond donors (Lipinski definition) is 0. The van der Waals surface area contributed by atoms with E-state index in [0.29, 0.717) is 0 Å². The van der Waals surface area contributed by atoms with Gasteiger partial charge in [-0.15, -0.1) is 0 Å². The second-order valence-corrected chi connectivity index (χ2v) is 5.34. The highest BCUT2D eigenvalue weighted by atomic mass is 15.1. The molecule has 0 atom stereocenters. The van der Waals surface area contributed by atoms with Crippen LogP contribution in [0.25, 0.3) is 17.0 Å². The van der Waals surface area contributed by atoms with Crippen LogP contribution >= 0.6 is 0 Å². The van der Waals surface area contributed by atoms with Gasteiger partial charge in [0.2, 0.25) is 5.52 Å². The second-order valence-electron chi connectivity index (χ2n) is 5.34. The van der Waals surface area contributed by atoms with Crippen molar-refractivity contribution < 1.29 is 4.57 Å². The van der Waals surface area contributed by atoms with Gasteiger partial charge in [0.15, 0.2) is 6.20 Å². The fourth-order valence-corrected chi connectivity index (χ4v) is 2.67. The van der Waals surface area contributed by atoms with Gasteiger partial charge in [0.25, 0.3) is 0 Å². The summed E-state index contributed by atoms with van der Waals surface area (Å²) in [6.07, 6.45) is 6.45. The lowest BCUT2D eigenvalue weighted by atomic mass is 10.1. The Morgan fingerprint density at radius 1 is 0.955 bits per heavy atom. The Hall–Kier alpha value is -2.61. The van der Waals surface area contributed by atoms with E-state index in [1.54, 1.807) is 0 Å². The molecule has 0 radical (unpaired) electrons. The van der Waals surface area contributed by atoms with Crippen molar-refractivity contribution in [3.63, 3.8) is 0 Å². The Labute approximate surface area is 131 Å². The molecule has 0 saturated carbocycles. The van der Waals surface area contributed by atoms with Gasteiger partial charge in [-0.2, -0.15) is 4.57 Å². The number of nitrogens with zero attached hydrogens (tertiary/aromatic N) is 2. The fourth-order valence-electron chi connectivity index (χ4n) is 2.67. The molecule has 0 aliphatic rings. The first kappa shape index (κ1) is 14.3. The number of hydrogen-bond acceptors (Lipinski definition) is 1. The molecular weight excluding hydrogens is 268 g/mol. The predicted octanol–water partition coefficient (Wildman–Crippen LogP) is 4.25. The van der Waals surface area contributed by atoms with Crippen LogP contribution in [0, 0.1) is 0 Å². The van der Waals surface area contributed by atoms with Crippen LogP contribution in [-0.2, 0) is 6.54 Å². The molecule has 3 aromatic rings. The van der Waals surface area contributed by atoms with Gasteiger partial charge in [-0.25, -0.2) is 0 Å². The van der Waals surface area contributed by atoms with Crippen molar-refractivity contribution in [1.29, 1.82) is 0 Å². The minimum atomic E-state index is 0.981. The number of benzene rings is 2. The zero-order valence-corrected chi connectivity index (χ0v) is 13.1. The molecule has 0 spiro atoms. The molecule has 2 heteroatoms. The first-order chi connectivity index (χ1) is 10.8. The van der Waals surface area contributed by atoms with E-state index in [1.807, 2.05) is 6.07 Å². The SMILES string of the molecule is CC[n+]1ccc(C=CN(C)c2ccccc2)c2ccccc21. The van der Waals surface area contributed by atoms with Crippen molar-refractivity contribution in [2.24, 2.45) is 0 Å². The van der Waals surface area contributed by atoms with Crippen molar-refractivity contribution in [1.82, 2.24) is 0 Å². The standard InChI is InChI=1S/C20H21N2/c1-3-22-16-14-17(19-11-7-8-12-20(19)22)13-15-21(2)18-9-5-4-6-10-18/h4-16H,3H2,1-2H3/q+1. The minimum absolute atomic E-state index is 0.981. The number of fused-ring (bicyclic) bond motifs is 1. The first-order valence-electron chi connectivity index (χ1n) is 7.67. The zero-order valence-electron chi connectivity index (χ0n) is 13.1. The molecular formula is C20H21N2+. The Morgan fingerprint density at radius 3 is 2.45 bits per heavy atom. The fraction of sp³-hybridized carbons (Fsp3) is 0.150. The normalized spacial score (nSPS) is 11.2. The van der Waals surface area contributed by atoms with E-state index < -0.39 is 0 Å². The maximum Gasteiger partial charge on any atom is 0.213 e. The number of rotatable bonds is 4. The van der Waals surface area contributed by atoms with Crippen LogP contribution in [0.5, 0.6) is 0 Å². The molecule has 0 aliphatic carbocycles. The first-order valence-corrected chi connectivity index (χ1v) is 7.67.